The maximum Gasteiger partial charge on any atom is 0.128 e. The molecule has 0 aliphatic carbocycles. The van der Waals surface area contributed by atoms with E-state index in [4.69, 9.17) is 0 Å². The summed E-state index contributed by atoms with van der Waals surface area (Å²) in [6.45, 7) is 8.60. The molecule has 1 N–H and O–H groups in total. The molecule has 0 saturated carbocycles. The first-order valence-corrected chi connectivity index (χ1v) is 6.97. The van der Waals surface area contributed by atoms with Crippen LogP contribution in [0.25, 0.3) is 0 Å². The minimum absolute atomic E-state index is 0.432. The van der Waals surface area contributed by atoms with E-state index in [2.05, 4.69) is 23.7 Å². The highest BCUT2D eigenvalue weighted by Gasteiger charge is 2.22. The summed E-state index contributed by atoms with van der Waals surface area (Å²) in [5.41, 5.74) is 0.885. The maximum atomic E-state index is 9.47. The van der Waals surface area contributed by atoms with Crippen molar-refractivity contribution in [3.8, 4) is 0 Å². The Morgan fingerprint density at radius 2 is 1.89 bits per heavy atom. The molecule has 3 heteroatoms. The Morgan fingerprint density at radius 1 is 1.22 bits per heavy atom. The SMILES string of the molecule is CC(O)c1ccc(N2CCC(C(C)C)CC2)nc1. The van der Waals surface area contributed by atoms with Crippen LogP contribution in [0.5, 0.6) is 0 Å². The van der Waals surface area contributed by atoms with E-state index in [1.54, 1.807) is 13.1 Å². The second-order valence-corrected chi connectivity index (χ2v) is 5.69. The topological polar surface area (TPSA) is 36.4 Å². The van der Waals surface area contributed by atoms with Crippen LogP contribution in [0.2, 0.25) is 0 Å². The smallest absolute Gasteiger partial charge is 0.128 e. The second-order valence-electron chi connectivity index (χ2n) is 5.69. The number of anilines is 1. The molecule has 2 heterocycles. The molecular formula is C15H24N2O. The van der Waals surface area contributed by atoms with E-state index >= 15 is 0 Å². The Morgan fingerprint density at radius 3 is 2.33 bits per heavy atom. The van der Waals surface area contributed by atoms with Gasteiger partial charge in [0.1, 0.15) is 5.82 Å². The molecule has 0 aromatic carbocycles. The highest BCUT2D eigenvalue weighted by Crippen LogP contribution is 2.27. The lowest BCUT2D eigenvalue weighted by Crippen LogP contribution is -2.35. The molecule has 0 amide bonds. The van der Waals surface area contributed by atoms with Crippen molar-refractivity contribution in [1.29, 1.82) is 0 Å². The molecule has 1 aromatic rings. The molecule has 1 aromatic heterocycles. The number of piperidine rings is 1. The number of aliphatic hydroxyl groups excluding tert-OH is 1. The van der Waals surface area contributed by atoms with E-state index in [1.807, 2.05) is 12.1 Å². The van der Waals surface area contributed by atoms with Gasteiger partial charge in [0.25, 0.3) is 0 Å². The Kier molecular flexibility index (Phi) is 4.23. The van der Waals surface area contributed by atoms with E-state index in [-0.39, 0.29) is 0 Å². The Labute approximate surface area is 110 Å². The van der Waals surface area contributed by atoms with Gasteiger partial charge in [-0.25, -0.2) is 4.98 Å². The fourth-order valence-corrected chi connectivity index (χ4v) is 2.63. The Bertz CT molecular complexity index is 365. The second kappa shape index (κ2) is 5.70. The monoisotopic (exact) mass is 248 g/mol. The van der Waals surface area contributed by atoms with Gasteiger partial charge in [-0.3, -0.25) is 0 Å². The number of aliphatic hydroxyl groups is 1. The molecule has 1 unspecified atom stereocenters. The van der Waals surface area contributed by atoms with Gasteiger partial charge in [-0.2, -0.15) is 0 Å². The molecule has 0 spiro atoms. The number of nitrogens with zero attached hydrogens (tertiary/aromatic N) is 2. The lowest BCUT2D eigenvalue weighted by molar-refractivity contribution is 0.199. The summed E-state index contributed by atoms with van der Waals surface area (Å²) in [5.74, 6) is 2.69. The van der Waals surface area contributed by atoms with Crippen molar-refractivity contribution in [2.45, 2.75) is 39.7 Å². The zero-order valence-corrected chi connectivity index (χ0v) is 11.6. The van der Waals surface area contributed by atoms with Gasteiger partial charge >= 0.3 is 0 Å². The molecule has 100 valence electrons. The van der Waals surface area contributed by atoms with Crippen molar-refractivity contribution < 1.29 is 5.11 Å². The van der Waals surface area contributed by atoms with Crippen LogP contribution < -0.4 is 4.90 Å². The summed E-state index contributed by atoms with van der Waals surface area (Å²) < 4.78 is 0. The van der Waals surface area contributed by atoms with Gasteiger partial charge in [-0.05, 0) is 43.2 Å². The van der Waals surface area contributed by atoms with Crippen molar-refractivity contribution in [3.63, 3.8) is 0 Å². The molecule has 0 radical (unpaired) electrons. The average Bonchev–Trinajstić information content (AvgIpc) is 2.39. The van der Waals surface area contributed by atoms with Crippen LogP contribution in [-0.4, -0.2) is 23.2 Å². The van der Waals surface area contributed by atoms with Gasteiger partial charge in [0.05, 0.1) is 6.10 Å². The minimum atomic E-state index is -0.432. The van der Waals surface area contributed by atoms with Crippen LogP contribution >= 0.6 is 0 Å². The molecular weight excluding hydrogens is 224 g/mol. The van der Waals surface area contributed by atoms with E-state index in [9.17, 15) is 5.11 Å². The quantitative estimate of drug-likeness (QED) is 0.893. The molecule has 0 bridgehead atoms. The van der Waals surface area contributed by atoms with Gasteiger partial charge in [-0.15, -0.1) is 0 Å². The van der Waals surface area contributed by atoms with Crippen LogP contribution in [-0.2, 0) is 0 Å². The number of pyridine rings is 1. The van der Waals surface area contributed by atoms with Gasteiger partial charge in [0.2, 0.25) is 0 Å². The molecule has 3 nitrogen and oxygen atoms in total. The molecule has 1 fully saturated rings. The third-order valence-corrected chi connectivity index (χ3v) is 4.06. The fraction of sp³-hybridized carbons (Fsp3) is 0.667. The first kappa shape index (κ1) is 13.3. The summed E-state index contributed by atoms with van der Waals surface area (Å²) in [7, 11) is 0. The normalized spacial score (nSPS) is 19.3. The Hall–Kier alpha value is -1.09. The molecule has 1 aliphatic heterocycles. The highest BCUT2D eigenvalue weighted by atomic mass is 16.3. The molecule has 18 heavy (non-hydrogen) atoms. The molecule has 1 saturated heterocycles. The van der Waals surface area contributed by atoms with Crippen LogP contribution in [0.4, 0.5) is 5.82 Å². The molecule has 2 rings (SSSR count). The standard InChI is InChI=1S/C15H24N2O/c1-11(2)13-6-8-17(9-7-13)15-5-4-14(10-16-15)12(3)18/h4-5,10-13,18H,6-9H2,1-3H3. The fourth-order valence-electron chi connectivity index (χ4n) is 2.63. The van der Waals surface area contributed by atoms with Crippen molar-refractivity contribution in [2.24, 2.45) is 11.8 Å². The largest absolute Gasteiger partial charge is 0.389 e. The van der Waals surface area contributed by atoms with Crippen molar-refractivity contribution >= 4 is 5.82 Å². The van der Waals surface area contributed by atoms with Gasteiger partial charge in [0.15, 0.2) is 0 Å². The van der Waals surface area contributed by atoms with E-state index in [0.717, 1.165) is 36.3 Å². The van der Waals surface area contributed by atoms with Crippen LogP contribution in [0.3, 0.4) is 0 Å². The highest BCUT2D eigenvalue weighted by molar-refractivity contribution is 5.40. The summed E-state index contributed by atoms with van der Waals surface area (Å²) >= 11 is 0. The van der Waals surface area contributed by atoms with Gasteiger partial charge in [-0.1, -0.05) is 19.9 Å². The maximum absolute atomic E-state index is 9.47. The third kappa shape index (κ3) is 3.02. The first-order valence-electron chi connectivity index (χ1n) is 6.97. The Balaban J connectivity index is 1.97. The van der Waals surface area contributed by atoms with Crippen LogP contribution in [0.1, 0.15) is 45.3 Å². The summed E-state index contributed by atoms with van der Waals surface area (Å²) in [4.78, 5) is 6.81. The lowest BCUT2D eigenvalue weighted by Gasteiger charge is -2.34. The van der Waals surface area contributed by atoms with Crippen molar-refractivity contribution in [3.05, 3.63) is 23.9 Å². The molecule has 1 atom stereocenters. The number of aromatic nitrogens is 1. The summed E-state index contributed by atoms with van der Waals surface area (Å²) in [6.07, 6.45) is 3.88. The first-order chi connectivity index (χ1) is 8.58. The lowest BCUT2D eigenvalue weighted by atomic mass is 9.87. The predicted octanol–water partition coefficient (Wildman–Crippen LogP) is 3.01. The van der Waals surface area contributed by atoms with Crippen LogP contribution in [0.15, 0.2) is 18.3 Å². The van der Waals surface area contributed by atoms with Gasteiger partial charge < -0.3 is 10.0 Å². The summed E-state index contributed by atoms with van der Waals surface area (Å²) in [6, 6.07) is 4.00. The van der Waals surface area contributed by atoms with Crippen LogP contribution in [0, 0.1) is 11.8 Å². The molecule has 1 aliphatic rings. The number of hydrogen-bond acceptors (Lipinski definition) is 3. The number of rotatable bonds is 3. The predicted molar refractivity (Wildman–Crippen MR) is 74.6 cm³/mol. The van der Waals surface area contributed by atoms with E-state index in [1.165, 1.54) is 12.8 Å². The van der Waals surface area contributed by atoms with E-state index in [0.29, 0.717) is 0 Å². The van der Waals surface area contributed by atoms with Crippen molar-refractivity contribution in [2.75, 3.05) is 18.0 Å². The van der Waals surface area contributed by atoms with Crippen molar-refractivity contribution in [1.82, 2.24) is 4.98 Å². The average molecular weight is 248 g/mol. The number of hydrogen-bond donors (Lipinski definition) is 1. The third-order valence-electron chi connectivity index (χ3n) is 4.06. The van der Waals surface area contributed by atoms with Gasteiger partial charge in [0, 0.05) is 19.3 Å². The van der Waals surface area contributed by atoms with E-state index < -0.39 is 6.10 Å². The summed E-state index contributed by atoms with van der Waals surface area (Å²) in [5, 5.41) is 9.47. The zero-order chi connectivity index (χ0) is 13.1. The minimum Gasteiger partial charge on any atom is -0.389 e. The zero-order valence-electron chi connectivity index (χ0n) is 11.6.